The number of nitrogens with zero attached hydrogens (tertiary/aromatic N) is 2. The Hall–Kier alpha value is -1.77. The van der Waals surface area contributed by atoms with Crippen LogP contribution in [0.1, 0.15) is 16.7 Å². The largest absolute Gasteiger partial charge is 0.382 e. The summed E-state index contributed by atoms with van der Waals surface area (Å²) < 4.78 is 1.85. The molecule has 0 aliphatic carbocycles. The van der Waals surface area contributed by atoms with Crippen molar-refractivity contribution < 1.29 is 0 Å². The van der Waals surface area contributed by atoms with E-state index in [9.17, 15) is 0 Å². The first-order valence-electron chi connectivity index (χ1n) is 5.37. The zero-order valence-electron chi connectivity index (χ0n) is 10.2. The summed E-state index contributed by atoms with van der Waals surface area (Å²) in [4.78, 5) is 0. The molecule has 2 N–H and O–H groups in total. The lowest BCUT2D eigenvalue weighted by molar-refractivity contribution is 0.779. The second-order valence-corrected chi connectivity index (χ2v) is 4.30. The maximum atomic E-state index is 5.83. The van der Waals surface area contributed by atoms with E-state index < -0.39 is 0 Å². The molecule has 0 amide bonds. The molecule has 0 saturated heterocycles. The molecule has 2 aromatic rings. The first-order chi connectivity index (χ1) is 7.50. The first kappa shape index (κ1) is 10.7. The highest BCUT2D eigenvalue weighted by Crippen LogP contribution is 2.29. The lowest BCUT2D eigenvalue weighted by Crippen LogP contribution is -1.96. The van der Waals surface area contributed by atoms with Crippen molar-refractivity contribution >= 4 is 5.82 Å². The van der Waals surface area contributed by atoms with Crippen LogP contribution in [0.3, 0.4) is 0 Å². The zero-order valence-corrected chi connectivity index (χ0v) is 10.2. The lowest BCUT2D eigenvalue weighted by atomic mass is 10.0. The highest BCUT2D eigenvalue weighted by molar-refractivity contribution is 5.71. The van der Waals surface area contributed by atoms with Gasteiger partial charge in [-0.05, 0) is 26.3 Å². The normalized spacial score (nSPS) is 10.8. The summed E-state index contributed by atoms with van der Waals surface area (Å²) in [6.07, 6.45) is 0. The van der Waals surface area contributed by atoms with E-state index in [4.69, 9.17) is 5.73 Å². The van der Waals surface area contributed by atoms with E-state index in [1.807, 2.05) is 18.7 Å². The van der Waals surface area contributed by atoms with Gasteiger partial charge >= 0.3 is 0 Å². The average Bonchev–Trinajstić information content (AvgIpc) is 2.43. The minimum absolute atomic E-state index is 0.609. The molecule has 1 aromatic heterocycles. The van der Waals surface area contributed by atoms with Crippen LogP contribution in [0.5, 0.6) is 0 Å². The van der Waals surface area contributed by atoms with Crippen molar-refractivity contribution in [2.75, 3.05) is 5.73 Å². The van der Waals surface area contributed by atoms with Crippen LogP contribution in [0.25, 0.3) is 11.3 Å². The van der Waals surface area contributed by atoms with Gasteiger partial charge < -0.3 is 5.73 Å². The fourth-order valence-corrected chi connectivity index (χ4v) is 2.11. The van der Waals surface area contributed by atoms with Crippen LogP contribution in [0.2, 0.25) is 0 Å². The van der Waals surface area contributed by atoms with Crippen molar-refractivity contribution in [1.82, 2.24) is 9.78 Å². The summed E-state index contributed by atoms with van der Waals surface area (Å²) >= 11 is 0. The minimum atomic E-state index is 0.609. The molecule has 0 radical (unpaired) electrons. The molecule has 0 saturated carbocycles. The van der Waals surface area contributed by atoms with E-state index >= 15 is 0 Å². The Morgan fingerprint density at radius 2 is 1.88 bits per heavy atom. The summed E-state index contributed by atoms with van der Waals surface area (Å²) in [5.74, 6) is 0.609. The summed E-state index contributed by atoms with van der Waals surface area (Å²) in [6, 6.07) is 6.43. The van der Waals surface area contributed by atoms with Gasteiger partial charge in [0.25, 0.3) is 0 Å². The Kier molecular flexibility index (Phi) is 2.46. The maximum absolute atomic E-state index is 5.83. The number of benzene rings is 1. The van der Waals surface area contributed by atoms with Gasteiger partial charge in [0.1, 0.15) is 5.82 Å². The Labute approximate surface area is 95.9 Å². The van der Waals surface area contributed by atoms with Crippen molar-refractivity contribution in [2.45, 2.75) is 20.8 Å². The molecule has 84 valence electrons. The van der Waals surface area contributed by atoms with Crippen molar-refractivity contribution in [3.63, 3.8) is 0 Å². The first-order valence-corrected chi connectivity index (χ1v) is 5.37. The van der Waals surface area contributed by atoms with Crippen LogP contribution in [0.4, 0.5) is 5.82 Å². The highest BCUT2D eigenvalue weighted by atomic mass is 15.3. The Morgan fingerprint density at radius 3 is 2.38 bits per heavy atom. The van der Waals surface area contributed by atoms with E-state index in [1.165, 1.54) is 16.7 Å². The van der Waals surface area contributed by atoms with Gasteiger partial charge in [-0.25, -0.2) is 0 Å². The third-order valence-corrected chi connectivity index (χ3v) is 2.96. The predicted octanol–water partition coefficient (Wildman–Crippen LogP) is 2.59. The number of nitrogens with two attached hydrogens (primary N) is 1. The molecule has 1 heterocycles. The summed E-state index contributed by atoms with van der Waals surface area (Å²) in [5.41, 5.74) is 11.7. The Morgan fingerprint density at radius 1 is 1.19 bits per heavy atom. The third-order valence-electron chi connectivity index (χ3n) is 2.96. The standard InChI is InChI=1S/C13H17N3/c1-8-5-6-11(9(2)7-8)12-10(3)13(14)15-16(12)4/h5-7H,1-4H3,(H2,14,15). The van der Waals surface area contributed by atoms with Crippen LogP contribution in [-0.4, -0.2) is 9.78 Å². The molecule has 0 unspecified atom stereocenters. The number of anilines is 1. The fraction of sp³-hybridized carbons (Fsp3) is 0.308. The molecule has 0 spiro atoms. The molecule has 0 fully saturated rings. The molecular formula is C13H17N3. The van der Waals surface area contributed by atoms with Gasteiger partial charge in [-0.15, -0.1) is 0 Å². The van der Waals surface area contributed by atoms with Crippen molar-refractivity contribution in [3.8, 4) is 11.3 Å². The number of aromatic nitrogens is 2. The SMILES string of the molecule is Cc1ccc(-c2c(C)c(N)nn2C)c(C)c1. The average molecular weight is 215 g/mol. The van der Waals surface area contributed by atoms with Crippen LogP contribution in [0, 0.1) is 20.8 Å². The summed E-state index contributed by atoms with van der Waals surface area (Å²) in [6.45, 7) is 6.23. The van der Waals surface area contributed by atoms with Gasteiger partial charge in [-0.2, -0.15) is 5.10 Å². The van der Waals surface area contributed by atoms with Crippen molar-refractivity contribution in [3.05, 3.63) is 34.9 Å². The smallest absolute Gasteiger partial charge is 0.148 e. The van der Waals surface area contributed by atoms with E-state index in [0.717, 1.165) is 11.3 Å². The monoisotopic (exact) mass is 215 g/mol. The second-order valence-electron chi connectivity index (χ2n) is 4.30. The number of aryl methyl sites for hydroxylation is 3. The van der Waals surface area contributed by atoms with E-state index in [1.54, 1.807) is 0 Å². The zero-order chi connectivity index (χ0) is 11.9. The Balaban J connectivity index is 2.67. The van der Waals surface area contributed by atoms with Gasteiger partial charge in [0.15, 0.2) is 0 Å². The van der Waals surface area contributed by atoms with Crippen molar-refractivity contribution in [1.29, 1.82) is 0 Å². The molecular weight excluding hydrogens is 198 g/mol. The molecule has 1 aromatic carbocycles. The van der Waals surface area contributed by atoms with Gasteiger partial charge in [0.05, 0.1) is 5.69 Å². The van der Waals surface area contributed by atoms with Crippen LogP contribution in [0.15, 0.2) is 18.2 Å². The fourth-order valence-electron chi connectivity index (χ4n) is 2.11. The van der Waals surface area contributed by atoms with E-state index in [-0.39, 0.29) is 0 Å². The van der Waals surface area contributed by atoms with Crippen molar-refractivity contribution in [2.24, 2.45) is 7.05 Å². The molecule has 0 aliphatic rings. The topological polar surface area (TPSA) is 43.8 Å². The number of hydrogen-bond acceptors (Lipinski definition) is 2. The molecule has 3 nitrogen and oxygen atoms in total. The predicted molar refractivity (Wildman–Crippen MR) is 67.3 cm³/mol. The van der Waals surface area contributed by atoms with Gasteiger partial charge in [0.2, 0.25) is 0 Å². The quantitative estimate of drug-likeness (QED) is 0.794. The number of nitrogen functional groups attached to an aromatic ring is 1. The molecule has 0 bridgehead atoms. The molecule has 3 heteroatoms. The van der Waals surface area contributed by atoms with Crippen LogP contribution < -0.4 is 5.73 Å². The molecule has 16 heavy (non-hydrogen) atoms. The van der Waals surface area contributed by atoms with E-state index in [0.29, 0.717) is 5.82 Å². The van der Waals surface area contributed by atoms with Gasteiger partial charge in [-0.3, -0.25) is 4.68 Å². The van der Waals surface area contributed by atoms with Crippen LogP contribution in [-0.2, 0) is 7.05 Å². The van der Waals surface area contributed by atoms with Gasteiger partial charge in [-0.1, -0.05) is 23.8 Å². The summed E-state index contributed by atoms with van der Waals surface area (Å²) in [7, 11) is 1.93. The molecule has 0 aliphatic heterocycles. The maximum Gasteiger partial charge on any atom is 0.148 e. The second kappa shape index (κ2) is 3.67. The van der Waals surface area contributed by atoms with E-state index in [2.05, 4.69) is 37.1 Å². The number of hydrogen-bond donors (Lipinski definition) is 1. The molecule has 0 atom stereocenters. The Bertz CT molecular complexity index is 538. The number of rotatable bonds is 1. The summed E-state index contributed by atoms with van der Waals surface area (Å²) in [5, 5.41) is 4.24. The lowest BCUT2D eigenvalue weighted by Gasteiger charge is -2.08. The van der Waals surface area contributed by atoms with Crippen LogP contribution >= 0.6 is 0 Å². The highest BCUT2D eigenvalue weighted by Gasteiger charge is 2.13. The van der Waals surface area contributed by atoms with Gasteiger partial charge in [0, 0.05) is 18.2 Å². The minimum Gasteiger partial charge on any atom is -0.382 e. The molecule has 2 rings (SSSR count). The third kappa shape index (κ3) is 1.58.